The maximum Gasteiger partial charge on any atom is 0.251 e. The Morgan fingerprint density at radius 2 is 2.12 bits per heavy atom. The molecule has 1 fully saturated rings. The number of hydrogen-bond donors (Lipinski definition) is 2. The first-order valence-corrected chi connectivity index (χ1v) is 6.36. The van der Waals surface area contributed by atoms with Crippen LogP contribution in [0.25, 0.3) is 0 Å². The summed E-state index contributed by atoms with van der Waals surface area (Å²) >= 11 is 0. The molecule has 0 aromatic heterocycles. The number of rotatable bonds is 7. The van der Waals surface area contributed by atoms with Gasteiger partial charge in [-0.05, 0) is 38.1 Å². The molecule has 4 nitrogen and oxygen atoms in total. The third-order valence-corrected chi connectivity index (χ3v) is 3.21. The van der Waals surface area contributed by atoms with Crippen LogP contribution in [0.1, 0.15) is 46.5 Å². The molecule has 0 saturated heterocycles. The number of carbonyl (C=O) groups excluding carboxylic acids is 1. The fourth-order valence-corrected chi connectivity index (χ4v) is 2.07. The molecule has 0 aliphatic heterocycles. The first-order chi connectivity index (χ1) is 7.60. The number of nitrogens with two attached hydrogens (primary N) is 1. The second kappa shape index (κ2) is 6.21. The first-order valence-electron chi connectivity index (χ1n) is 6.36. The summed E-state index contributed by atoms with van der Waals surface area (Å²) in [6.45, 7) is 7.49. The van der Waals surface area contributed by atoms with Crippen LogP contribution in [0, 0.1) is 5.92 Å². The van der Waals surface area contributed by atoms with E-state index in [0.717, 1.165) is 19.4 Å². The molecule has 0 bridgehead atoms. The molecule has 1 amide bonds. The summed E-state index contributed by atoms with van der Waals surface area (Å²) < 4.78 is 0. The van der Waals surface area contributed by atoms with Crippen molar-refractivity contribution < 1.29 is 4.79 Å². The van der Waals surface area contributed by atoms with Gasteiger partial charge in [-0.3, -0.25) is 15.1 Å². The van der Waals surface area contributed by atoms with Crippen LogP contribution in [0.4, 0.5) is 0 Å². The fourth-order valence-electron chi connectivity index (χ4n) is 2.07. The molecule has 4 heteroatoms. The van der Waals surface area contributed by atoms with Gasteiger partial charge in [0.25, 0.3) is 5.91 Å². The van der Waals surface area contributed by atoms with Gasteiger partial charge in [0.1, 0.15) is 0 Å². The number of nitrogens with zero attached hydrogens (tertiary/aromatic N) is 1. The Labute approximate surface area is 98.5 Å². The molecule has 1 saturated carbocycles. The minimum Gasteiger partial charge on any atom is -0.293 e. The van der Waals surface area contributed by atoms with E-state index < -0.39 is 0 Å². The quantitative estimate of drug-likeness (QED) is 0.391. The topological polar surface area (TPSA) is 58.4 Å². The van der Waals surface area contributed by atoms with E-state index in [1.54, 1.807) is 0 Å². The zero-order chi connectivity index (χ0) is 12.1. The van der Waals surface area contributed by atoms with Crippen molar-refractivity contribution >= 4 is 5.91 Å². The van der Waals surface area contributed by atoms with Crippen molar-refractivity contribution in [2.75, 3.05) is 6.54 Å². The van der Waals surface area contributed by atoms with Crippen LogP contribution >= 0.6 is 0 Å². The molecule has 1 unspecified atom stereocenters. The highest BCUT2D eigenvalue weighted by atomic mass is 16.2. The smallest absolute Gasteiger partial charge is 0.251 e. The third-order valence-electron chi connectivity index (χ3n) is 3.21. The minimum atomic E-state index is -0.0451. The van der Waals surface area contributed by atoms with Crippen LogP contribution in [0.15, 0.2) is 0 Å². The maximum atomic E-state index is 11.7. The van der Waals surface area contributed by atoms with E-state index >= 15 is 0 Å². The molecule has 1 aliphatic carbocycles. The molecule has 1 atom stereocenters. The zero-order valence-corrected chi connectivity index (χ0v) is 10.7. The number of hydrazine groups is 1. The van der Waals surface area contributed by atoms with Gasteiger partial charge in [0.15, 0.2) is 0 Å². The maximum absolute atomic E-state index is 11.7. The normalized spacial score (nSPS) is 17.9. The Bertz CT molecular complexity index is 226. The molecule has 0 radical (unpaired) electrons. The highest BCUT2D eigenvalue weighted by molar-refractivity contribution is 5.81. The molecule has 94 valence electrons. The van der Waals surface area contributed by atoms with E-state index in [9.17, 15) is 4.79 Å². The summed E-state index contributed by atoms with van der Waals surface area (Å²) in [4.78, 5) is 14.0. The van der Waals surface area contributed by atoms with Crippen molar-refractivity contribution in [2.24, 2.45) is 11.8 Å². The van der Waals surface area contributed by atoms with Gasteiger partial charge in [-0.1, -0.05) is 20.8 Å². The lowest BCUT2D eigenvalue weighted by atomic mass is 10.1. The average molecular weight is 227 g/mol. The Morgan fingerprint density at radius 1 is 1.50 bits per heavy atom. The lowest BCUT2D eigenvalue weighted by Crippen LogP contribution is -2.50. The predicted molar refractivity (Wildman–Crippen MR) is 65.6 cm³/mol. The Balaban J connectivity index is 2.55. The number of nitrogens with one attached hydrogen (secondary N) is 1. The highest BCUT2D eigenvalue weighted by Gasteiger charge is 2.35. The summed E-state index contributed by atoms with van der Waals surface area (Å²) in [7, 11) is 0. The summed E-state index contributed by atoms with van der Waals surface area (Å²) in [6.07, 6.45) is 4.43. The Kier molecular flexibility index (Phi) is 5.22. The van der Waals surface area contributed by atoms with Gasteiger partial charge in [-0.25, -0.2) is 5.84 Å². The molecule has 3 N–H and O–H groups in total. The monoisotopic (exact) mass is 227 g/mol. The molecule has 0 aromatic carbocycles. The molecular weight excluding hydrogens is 202 g/mol. The summed E-state index contributed by atoms with van der Waals surface area (Å²) in [5.41, 5.74) is 2.29. The van der Waals surface area contributed by atoms with Crippen LogP contribution < -0.4 is 11.3 Å². The van der Waals surface area contributed by atoms with Crippen molar-refractivity contribution in [1.29, 1.82) is 0 Å². The average Bonchev–Trinajstić information content (AvgIpc) is 3.06. The summed E-state index contributed by atoms with van der Waals surface area (Å²) in [5.74, 6) is 5.87. The van der Waals surface area contributed by atoms with E-state index in [4.69, 9.17) is 5.84 Å². The number of carbonyl (C=O) groups is 1. The lowest BCUT2D eigenvalue weighted by Gasteiger charge is -2.30. The van der Waals surface area contributed by atoms with E-state index in [1.807, 2.05) is 6.92 Å². The largest absolute Gasteiger partial charge is 0.293 e. The van der Waals surface area contributed by atoms with Gasteiger partial charge < -0.3 is 0 Å². The Morgan fingerprint density at radius 3 is 2.50 bits per heavy atom. The third kappa shape index (κ3) is 3.76. The van der Waals surface area contributed by atoms with Crippen molar-refractivity contribution in [3.8, 4) is 0 Å². The van der Waals surface area contributed by atoms with E-state index in [2.05, 4.69) is 24.2 Å². The highest BCUT2D eigenvalue weighted by Crippen LogP contribution is 2.30. The molecule has 16 heavy (non-hydrogen) atoms. The van der Waals surface area contributed by atoms with Gasteiger partial charge in [-0.2, -0.15) is 0 Å². The van der Waals surface area contributed by atoms with Crippen LogP contribution in [0.5, 0.6) is 0 Å². The van der Waals surface area contributed by atoms with E-state index in [-0.39, 0.29) is 11.9 Å². The molecule has 0 heterocycles. The van der Waals surface area contributed by atoms with Crippen LogP contribution in [0.2, 0.25) is 0 Å². The van der Waals surface area contributed by atoms with E-state index in [1.165, 1.54) is 12.8 Å². The molecule has 1 aliphatic rings. The number of amides is 1. The molecule has 0 spiro atoms. The zero-order valence-electron chi connectivity index (χ0n) is 10.7. The van der Waals surface area contributed by atoms with Gasteiger partial charge in [-0.15, -0.1) is 0 Å². The second-order valence-electron chi connectivity index (χ2n) is 5.08. The number of hydrogen-bond acceptors (Lipinski definition) is 3. The van der Waals surface area contributed by atoms with Crippen molar-refractivity contribution in [1.82, 2.24) is 10.3 Å². The van der Waals surface area contributed by atoms with Gasteiger partial charge in [0.2, 0.25) is 0 Å². The fraction of sp³-hybridized carbons (Fsp3) is 0.917. The Hall–Kier alpha value is -0.610. The second-order valence-corrected chi connectivity index (χ2v) is 5.08. The van der Waals surface area contributed by atoms with Crippen LogP contribution in [-0.2, 0) is 4.79 Å². The van der Waals surface area contributed by atoms with Gasteiger partial charge >= 0.3 is 0 Å². The molecule has 0 aromatic rings. The standard InChI is InChI=1S/C12H25N3O/c1-4-11(12(16)14-13)15(10-5-6-10)8-7-9(2)3/h9-11H,4-8,13H2,1-3H3,(H,14,16). The summed E-state index contributed by atoms with van der Waals surface area (Å²) in [6, 6.07) is 0.567. The molecular formula is C12H25N3O. The minimum absolute atomic E-state index is 0.0434. The lowest BCUT2D eigenvalue weighted by molar-refractivity contribution is -0.127. The van der Waals surface area contributed by atoms with Gasteiger partial charge in [0, 0.05) is 6.04 Å². The van der Waals surface area contributed by atoms with Crippen molar-refractivity contribution in [3.63, 3.8) is 0 Å². The van der Waals surface area contributed by atoms with Crippen molar-refractivity contribution in [3.05, 3.63) is 0 Å². The predicted octanol–water partition coefficient (Wildman–Crippen LogP) is 1.27. The SMILES string of the molecule is CCC(C(=O)NN)N(CCC(C)C)C1CC1. The van der Waals surface area contributed by atoms with Crippen molar-refractivity contribution in [2.45, 2.75) is 58.5 Å². The first kappa shape index (κ1) is 13.5. The van der Waals surface area contributed by atoms with E-state index in [0.29, 0.717) is 12.0 Å². The van der Waals surface area contributed by atoms with Gasteiger partial charge in [0.05, 0.1) is 6.04 Å². The van der Waals surface area contributed by atoms with Crippen LogP contribution in [0.3, 0.4) is 0 Å². The van der Waals surface area contributed by atoms with Crippen LogP contribution in [-0.4, -0.2) is 29.4 Å². The molecule has 1 rings (SSSR count). The summed E-state index contributed by atoms with van der Waals surface area (Å²) in [5, 5.41) is 0.